The number of carbonyl (C=O) groups excluding carboxylic acids is 1. The summed E-state index contributed by atoms with van der Waals surface area (Å²) in [7, 11) is 1.97. The van der Waals surface area contributed by atoms with Crippen molar-refractivity contribution >= 4 is 11.9 Å². The summed E-state index contributed by atoms with van der Waals surface area (Å²) in [6, 6.07) is 3.83. The number of hydrogen-bond donors (Lipinski definition) is 1. The number of aromatic nitrogens is 2. The van der Waals surface area contributed by atoms with Gasteiger partial charge < -0.3 is 24.6 Å². The molecule has 1 aromatic heterocycles. The maximum atomic E-state index is 12.3. The standard InChI is InChI=1S/C22H34N6O3/c1-21(2,3)31-20(29)28-12-10-27(11-13-28)18-14-19(26-17(15-23)25-18)30-16-22(7-8-22)6-5-9-24-4/h14,24H,5-13,16H2,1-4H3. The topological polar surface area (TPSA) is 104 Å². The molecule has 1 aliphatic heterocycles. The minimum absolute atomic E-state index is 0.0992. The molecule has 1 N–H and O–H groups in total. The van der Waals surface area contributed by atoms with Crippen molar-refractivity contribution < 1.29 is 14.3 Å². The van der Waals surface area contributed by atoms with Crippen molar-refractivity contribution in [3.63, 3.8) is 0 Å². The molecule has 9 nitrogen and oxygen atoms in total. The highest BCUT2D eigenvalue weighted by Crippen LogP contribution is 2.49. The number of hydrogen-bond acceptors (Lipinski definition) is 8. The summed E-state index contributed by atoms with van der Waals surface area (Å²) in [4.78, 5) is 24.6. The van der Waals surface area contributed by atoms with Crippen LogP contribution in [0.4, 0.5) is 10.6 Å². The summed E-state index contributed by atoms with van der Waals surface area (Å²) in [5.41, 5.74) is -0.269. The predicted octanol–water partition coefficient (Wildman–Crippen LogP) is 2.56. The average molecular weight is 431 g/mol. The Morgan fingerprint density at radius 2 is 1.97 bits per heavy atom. The Morgan fingerprint density at radius 1 is 1.26 bits per heavy atom. The van der Waals surface area contributed by atoms with Gasteiger partial charge in [-0.1, -0.05) is 0 Å². The van der Waals surface area contributed by atoms with Crippen molar-refractivity contribution in [3.8, 4) is 11.9 Å². The number of nitrogens with zero attached hydrogens (tertiary/aromatic N) is 5. The molecular formula is C22H34N6O3. The van der Waals surface area contributed by atoms with E-state index in [4.69, 9.17) is 9.47 Å². The third kappa shape index (κ3) is 6.69. The normalized spacial score (nSPS) is 17.8. The van der Waals surface area contributed by atoms with Gasteiger partial charge in [-0.2, -0.15) is 10.2 Å². The van der Waals surface area contributed by atoms with E-state index < -0.39 is 5.60 Å². The molecule has 0 spiro atoms. The van der Waals surface area contributed by atoms with Gasteiger partial charge in [0.2, 0.25) is 11.7 Å². The van der Waals surface area contributed by atoms with Gasteiger partial charge in [-0.05, 0) is 60.0 Å². The SMILES string of the molecule is CNCCCC1(COc2cc(N3CCN(C(=O)OC(C)(C)C)CC3)nc(C#N)n2)CC1. The van der Waals surface area contributed by atoms with E-state index >= 15 is 0 Å². The molecule has 2 fully saturated rings. The summed E-state index contributed by atoms with van der Waals surface area (Å²) < 4.78 is 11.5. The lowest BCUT2D eigenvalue weighted by Crippen LogP contribution is -2.50. The van der Waals surface area contributed by atoms with Crippen LogP contribution < -0.4 is 15.0 Å². The number of piperazine rings is 1. The third-order valence-corrected chi connectivity index (χ3v) is 5.66. The Labute approximate surface area is 184 Å². The second kappa shape index (κ2) is 9.69. The van der Waals surface area contributed by atoms with Gasteiger partial charge in [0.1, 0.15) is 17.5 Å². The first kappa shape index (κ1) is 23.1. The zero-order valence-electron chi connectivity index (χ0n) is 19.1. The second-order valence-electron chi connectivity index (χ2n) is 9.45. The molecule has 1 saturated heterocycles. The second-order valence-corrected chi connectivity index (χ2v) is 9.45. The van der Waals surface area contributed by atoms with E-state index in [9.17, 15) is 10.1 Å². The zero-order valence-corrected chi connectivity index (χ0v) is 19.1. The van der Waals surface area contributed by atoms with Crippen molar-refractivity contribution in [2.24, 2.45) is 5.41 Å². The number of amides is 1. The average Bonchev–Trinajstić information content (AvgIpc) is 3.51. The van der Waals surface area contributed by atoms with Crippen molar-refractivity contribution in [2.75, 3.05) is 51.3 Å². The zero-order chi connectivity index (χ0) is 22.5. The third-order valence-electron chi connectivity index (χ3n) is 5.66. The highest BCUT2D eigenvalue weighted by Gasteiger charge is 2.42. The van der Waals surface area contributed by atoms with E-state index in [1.165, 1.54) is 12.8 Å². The highest BCUT2D eigenvalue weighted by atomic mass is 16.6. The number of nitriles is 1. The molecule has 1 aliphatic carbocycles. The Balaban J connectivity index is 1.59. The molecule has 170 valence electrons. The van der Waals surface area contributed by atoms with Gasteiger partial charge in [0.05, 0.1) is 6.61 Å². The van der Waals surface area contributed by atoms with E-state index in [0.29, 0.717) is 44.5 Å². The molecule has 31 heavy (non-hydrogen) atoms. The van der Waals surface area contributed by atoms with Crippen molar-refractivity contribution in [3.05, 3.63) is 11.9 Å². The molecule has 3 rings (SSSR count). The van der Waals surface area contributed by atoms with Gasteiger partial charge >= 0.3 is 6.09 Å². The maximum absolute atomic E-state index is 12.3. The van der Waals surface area contributed by atoms with Gasteiger partial charge in [-0.3, -0.25) is 0 Å². The largest absolute Gasteiger partial charge is 0.477 e. The van der Waals surface area contributed by atoms with E-state index in [1.807, 2.05) is 33.9 Å². The summed E-state index contributed by atoms with van der Waals surface area (Å²) in [5.74, 6) is 1.20. The molecule has 0 radical (unpaired) electrons. The molecule has 9 heteroatoms. The number of rotatable bonds is 8. The molecule has 0 bridgehead atoms. The Hall–Kier alpha value is -2.60. The Bertz CT molecular complexity index is 804. The van der Waals surface area contributed by atoms with Gasteiger partial charge in [-0.25, -0.2) is 9.78 Å². The minimum atomic E-state index is -0.513. The van der Waals surface area contributed by atoms with Crippen LogP contribution in [0.3, 0.4) is 0 Å². The molecule has 2 heterocycles. The molecule has 1 saturated carbocycles. The first-order chi connectivity index (χ1) is 14.7. The smallest absolute Gasteiger partial charge is 0.410 e. The Morgan fingerprint density at radius 3 is 2.55 bits per heavy atom. The van der Waals surface area contributed by atoms with E-state index in [2.05, 4.69) is 20.2 Å². The maximum Gasteiger partial charge on any atom is 0.410 e. The minimum Gasteiger partial charge on any atom is -0.477 e. The fourth-order valence-electron chi connectivity index (χ4n) is 3.65. The molecular weight excluding hydrogens is 396 g/mol. The van der Waals surface area contributed by atoms with Gasteiger partial charge in [0, 0.05) is 37.7 Å². The fraction of sp³-hybridized carbons (Fsp3) is 0.727. The molecule has 1 amide bonds. The van der Waals surface area contributed by atoms with Crippen molar-refractivity contribution in [2.45, 2.75) is 52.1 Å². The van der Waals surface area contributed by atoms with Crippen molar-refractivity contribution in [1.29, 1.82) is 5.26 Å². The molecule has 0 aromatic carbocycles. The van der Waals surface area contributed by atoms with Gasteiger partial charge in [-0.15, -0.1) is 0 Å². The molecule has 1 aromatic rings. The lowest BCUT2D eigenvalue weighted by atomic mass is 10.0. The molecule has 0 atom stereocenters. The first-order valence-electron chi connectivity index (χ1n) is 11.0. The summed E-state index contributed by atoms with van der Waals surface area (Å²) in [6.45, 7) is 9.48. The summed E-state index contributed by atoms with van der Waals surface area (Å²) in [5, 5.41) is 12.6. The van der Waals surface area contributed by atoms with Crippen LogP contribution in [0.2, 0.25) is 0 Å². The fourth-order valence-corrected chi connectivity index (χ4v) is 3.65. The summed E-state index contributed by atoms with van der Waals surface area (Å²) >= 11 is 0. The molecule has 0 unspecified atom stereocenters. The monoisotopic (exact) mass is 430 g/mol. The summed E-state index contributed by atoms with van der Waals surface area (Å²) in [6.07, 6.45) is 4.30. The Kier molecular flexibility index (Phi) is 7.21. The lowest BCUT2D eigenvalue weighted by molar-refractivity contribution is 0.0240. The van der Waals surface area contributed by atoms with Crippen LogP contribution in [0.15, 0.2) is 6.07 Å². The van der Waals surface area contributed by atoms with E-state index in [1.54, 1.807) is 11.0 Å². The lowest BCUT2D eigenvalue weighted by Gasteiger charge is -2.36. The number of ether oxygens (including phenoxy) is 2. The predicted molar refractivity (Wildman–Crippen MR) is 117 cm³/mol. The van der Waals surface area contributed by atoms with Gasteiger partial charge in [0.15, 0.2) is 0 Å². The van der Waals surface area contributed by atoms with E-state index in [0.717, 1.165) is 19.4 Å². The van der Waals surface area contributed by atoms with Crippen LogP contribution >= 0.6 is 0 Å². The first-order valence-corrected chi connectivity index (χ1v) is 11.0. The molecule has 2 aliphatic rings. The quantitative estimate of drug-likeness (QED) is 0.628. The van der Waals surface area contributed by atoms with Crippen LogP contribution in [0, 0.1) is 16.7 Å². The van der Waals surface area contributed by atoms with Crippen LogP contribution in [-0.4, -0.2) is 72.9 Å². The van der Waals surface area contributed by atoms with Crippen molar-refractivity contribution in [1.82, 2.24) is 20.2 Å². The van der Waals surface area contributed by atoms with Gasteiger partial charge in [0.25, 0.3) is 0 Å². The van der Waals surface area contributed by atoms with Crippen LogP contribution in [-0.2, 0) is 4.74 Å². The van der Waals surface area contributed by atoms with Crippen LogP contribution in [0.5, 0.6) is 5.88 Å². The number of nitrogens with one attached hydrogen (secondary N) is 1. The van der Waals surface area contributed by atoms with Crippen LogP contribution in [0.25, 0.3) is 0 Å². The number of anilines is 1. The highest BCUT2D eigenvalue weighted by molar-refractivity contribution is 5.68. The van der Waals surface area contributed by atoms with E-state index in [-0.39, 0.29) is 17.3 Å². The number of carbonyl (C=O) groups is 1. The van der Waals surface area contributed by atoms with Crippen LogP contribution in [0.1, 0.15) is 52.3 Å².